The van der Waals surface area contributed by atoms with Gasteiger partial charge in [-0.15, -0.1) is 0 Å². The summed E-state index contributed by atoms with van der Waals surface area (Å²) in [7, 11) is 0. The Morgan fingerprint density at radius 3 is 2.42 bits per heavy atom. The highest BCUT2D eigenvalue weighted by atomic mass is 16.1. The predicted octanol–water partition coefficient (Wildman–Crippen LogP) is 5.52. The van der Waals surface area contributed by atoms with Crippen LogP contribution < -0.4 is 0 Å². The molecule has 1 nitrogen and oxygen atoms in total. The van der Waals surface area contributed by atoms with E-state index in [-0.39, 0.29) is 0 Å². The van der Waals surface area contributed by atoms with Crippen molar-refractivity contribution in [2.24, 2.45) is 17.8 Å². The lowest BCUT2D eigenvalue weighted by molar-refractivity contribution is -0.125. The first-order chi connectivity index (χ1) is 9.31. The molecule has 0 amide bonds. The van der Waals surface area contributed by atoms with Gasteiger partial charge in [-0.25, -0.2) is 0 Å². The van der Waals surface area contributed by atoms with Gasteiger partial charge in [0, 0.05) is 12.3 Å². The Hall–Kier alpha value is -0.330. The van der Waals surface area contributed by atoms with E-state index >= 15 is 0 Å². The average Bonchev–Trinajstić information content (AvgIpc) is 2.46. The van der Waals surface area contributed by atoms with Crippen molar-refractivity contribution in [2.45, 2.75) is 90.4 Å². The van der Waals surface area contributed by atoms with Gasteiger partial charge in [0.1, 0.15) is 5.78 Å². The smallest absolute Gasteiger partial charge is 0.135 e. The molecule has 0 aliphatic heterocycles. The number of fused-ring (bicyclic) bond motifs is 1. The van der Waals surface area contributed by atoms with E-state index in [0.29, 0.717) is 11.7 Å². The normalized spacial score (nSPS) is 30.9. The van der Waals surface area contributed by atoms with Crippen LogP contribution in [0.15, 0.2) is 0 Å². The van der Waals surface area contributed by atoms with Gasteiger partial charge in [0.05, 0.1) is 0 Å². The Kier molecular flexibility index (Phi) is 6.40. The molecular formula is C18H32O. The molecule has 110 valence electrons. The minimum Gasteiger partial charge on any atom is -0.299 e. The third-order valence-corrected chi connectivity index (χ3v) is 5.52. The maximum Gasteiger partial charge on any atom is 0.135 e. The molecule has 2 aliphatic rings. The second-order valence-electron chi connectivity index (χ2n) is 6.95. The Bertz CT molecular complexity index is 271. The fourth-order valence-electron chi connectivity index (χ4n) is 4.27. The summed E-state index contributed by atoms with van der Waals surface area (Å²) in [6.45, 7) is 2.24. The van der Waals surface area contributed by atoms with E-state index in [2.05, 4.69) is 6.92 Å². The van der Waals surface area contributed by atoms with Crippen LogP contribution in [0.25, 0.3) is 0 Å². The number of ketones is 1. The van der Waals surface area contributed by atoms with Crippen LogP contribution in [-0.2, 0) is 4.79 Å². The van der Waals surface area contributed by atoms with E-state index in [1.54, 1.807) is 0 Å². The van der Waals surface area contributed by atoms with Gasteiger partial charge in [-0.2, -0.15) is 0 Å². The molecule has 0 bridgehead atoms. The minimum atomic E-state index is 0.436. The van der Waals surface area contributed by atoms with Crippen molar-refractivity contribution in [1.82, 2.24) is 0 Å². The fourth-order valence-corrected chi connectivity index (χ4v) is 4.27. The number of Topliss-reactive ketones (excluding diaryl/α,β-unsaturated/α-hetero) is 1. The second kappa shape index (κ2) is 8.07. The van der Waals surface area contributed by atoms with Gasteiger partial charge in [0.25, 0.3) is 0 Å². The molecule has 0 heterocycles. The fraction of sp³-hybridized carbons (Fsp3) is 0.944. The molecule has 0 saturated heterocycles. The number of rotatable bonds is 7. The zero-order valence-corrected chi connectivity index (χ0v) is 12.8. The molecule has 3 unspecified atom stereocenters. The summed E-state index contributed by atoms with van der Waals surface area (Å²) < 4.78 is 0. The van der Waals surface area contributed by atoms with Crippen LogP contribution in [-0.4, -0.2) is 5.78 Å². The molecule has 0 aromatic carbocycles. The predicted molar refractivity (Wildman–Crippen MR) is 81.2 cm³/mol. The van der Waals surface area contributed by atoms with Gasteiger partial charge in [-0.05, 0) is 37.5 Å². The van der Waals surface area contributed by atoms with Crippen LogP contribution in [0.5, 0.6) is 0 Å². The molecule has 0 radical (unpaired) electrons. The monoisotopic (exact) mass is 264 g/mol. The molecule has 0 spiro atoms. The number of hydrogen-bond acceptors (Lipinski definition) is 1. The minimum absolute atomic E-state index is 0.436. The third-order valence-electron chi connectivity index (χ3n) is 5.52. The molecule has 0 aromatic heterocycles. The summed E-state index contributed by atoms with van der Waals surface area (Å²) in [4.78, 5) is 12.3. The van der Waals surface area contributed by atoms with Crippen molar-refractivity contribution in [1.29, 1.82) is 0 Å². The van der Waals surface area contributed by atoms with E-state index in [1.165, 1.54) is 70.6 Å². The van der Waals surface area contributed by atoms with E-state index in [4.69, 9.17) is 0 Å². The number of carbonyl (C=O) groups is 1. The summed E-state index contributed by atoms with van der Waals surface area (Å²) in [6, 6.07) is 0. The maximum absolute atomic E-state index is 12.3. The Balaban J connectivity index is 1.65. The van der Waals surface area contributed by atoms with Crippen LogP contribution in [0.4, 0.5) is 0 Å². The summed E-state index contributed by atoms with van der Waals surface area (Å²) in [6.07, 6.45) is 16.7. The summed E-state index contributed by atoms with van der Waals surface area (Å²) in [5, 5.41) is 0. The summed E-state index contributed by atoms with van der Waals surface area (Å²) in [5.41, 5.74) is 0. The van der Waals surface area contributed by atoms with E-state index < -0.39 is 0 Å². The first-order valence-corrected chi connectivity index (χ1v) is 8.84. The third kappa shape index (κ3) is 4.61. The van der Waals surface area contributed by atoms with E-state index in [0.717, 1.165) is 24.7 Å². The van der Waals surface area contributed by atoms with Crippen molar-refractivity contribution >= 4 is 5.78 Å². The Labute approximate surface area is 119 Å². The second-order valence-corrected chi connectivity index (χ2v) is 6.95. The lowest BCUT2D eigenvalue weighted by atomic mass is 9.66. The van der Waals surface area contributed by atoms with Gasteiger partial charge in [-0.1, -0.05) is 58.3 Å². The van der Waals surface area contributed by atoms with Crippen LogP contribution in [0.3, 0.4) is 0 Å². The van der Waals surface area contributed by atoms with E-state index in [1.807, 2.05) is 0 Å². The lowest BCUT2D eigenvalue weighted by Gasteiger charge is -2.38. The summed E-state index contributed by atoms with van der Waals surface area (Å²) in [5.74, 6) is 2.91. The van der Waals surface area contributed by atoms with Crippen molar-refractivity contribution in [2.75, 3.05) is 0 Å². The molecule has 2 saturated carbocycles. The van der Waals surface area contributed by atoms with Crippen LogP contribution in [0, 0.1) is 17.8 Å². The van der Waals surface area contributed by atoms with Crippen LogP contribution >= 0.6 is 0 Å². The highest BCUT2D eigenvalue weighted by Crippen LogP contribution is 2.43. The zero-order valence-electron chi connectivity index (χ0n) is 12.8. The first kappa shape index (κ1) is 15.1. The molecule has 2 fully saturated rings. The molecule has 1 heteroatoms. The van der Waals surface area contributed by atoms with Crippen molar-refractivity contribution in [3.05, 3.63) is 0 Å². The Morgan fingerprint density at radius 1 is 0.895 bits per heavy atom. The average molecular weight is 264 g/mol. The highest BCUT2D eigenvalue weighted by Gasteiger charge is 2.34. The number of hydrogen-bond donors (Lipinski definition) is 0. The molecular weight excluding hydrogens is 232 g/mol. The van der Waals surface area contributed by atoms with Gasteiger partial charge in [0.15, 0.2) is 0 Å². The molecule has 0 N–H and O–H groups in total. The van der Waals surface area contributed by atoms with Crippen molar-refractivity contribution in [3.8, 4) is 0 Å². The maximum atomic E-state index is 12.3. The summed E-state index contributed by atoms with van der Waals surface area (Å²) >= 11 is 0. The topological polar surface area (TPSA) is 17.1 Å². The van der Waals surface area contributed by atoms with Gasteiger partial charge >= 0.3 is 0 Å². The Morgan fingerprint density at radius 2 is 1.63 bits per heavy atom. The number of carbonyl (C=O) groups excluding carboxylic acids is 1. The molecule has 3 atom stereocenters. The quantitative estimate of drug-likeness (QED) is 0.553. The highest BCUT2D eigenvalue weighted by molar-refractivity contribution is 5.81. The zero-order chi connectivity index (χ0) is 13.5. The molecule has 0 aromatic rings. The molecule has 19 heavy (non-hydrogen) atoms. The number of unbranched alkanes of at least 4 members (excludes halogenated alkanes) is 4. The van der Waals surface area contributed by atoms with Crippen molar-refractivity contribution in [3.63, 3.8) is 0 Å². The lowest BCUT2D eigenvalue weighted by Crippen LogP contribution is -2.31. The van der Waals surface area contributed by atoms with Crippen molar-refractivity contribution < 1.29 is 4.79 Å². The van der Waals surface area contributed by atoms with Gasteiger partial charge < -0.3 is 0 Å². The first-order valence-electron chi connectivity index (χ1n) is 8.84. The van der Waals surface area contributed by atoms with E-state index in [9.17, 15) is 4.79 Å². The van der Waals surface area contributed by atoms with Crippen LogP contribution in [0.1, 0.15) is 90.4 Å². The SMILES string of the molecule is CCCCCCCC(=O)C1CCC2CCCCC2C1. The van der Waals surface area contributed by atoms with Gasteiger partial charge in [0.2, 0.25) is 0 Å². The standard InChI is InChI=1S/C18H32O/c1-2-3-4-5-6-11-18(19)17-13-12-15-9-7-8-10-16(15)14-17/h15-17H,2-14H2,1H3. The van der Waals surface area contributed by atoms with Gasteiger partial charge in [-0.3, -0.25) is 4.79 Å². The molecule has 2 rings (SSSR count). The van der Waals surface area contributed by atoms with Crippen LogP contribution in [0.2, 0.25) is 0 Å². The molecule has 2 aliphatic carbocycles. The largest absolute Gasteiger partial charge is 0.299 e.